The average Bonchev–Trinajstić information content (AvgIpc) is 3.23. The van der Waals surface area contributed by atoms with Crippen LogP contribution in [0.2, 0.25) is 0 Å². The van der Waals surface area contributed by atoms with Crippen molar-refractivity contribution in [2.45, 2.75) is 27.7 Å². The van der Waals surface area contributed by atoms with Crippen molar-refractivity contribution in [3.05, 3.63) is 74.9 Å². The zero-order valence-corrected chi connectivity index (χ0v) is 19.8. The SMILES string of the molecule is Cc1sc(-n2c(C)cc(/C=C3\C(=O)N(C)C(=O)N(c4ccccc4)C3=O)c2C)c(C#N)c1C. The van der Waals surface area contributed by atoms with Gasteiger partial charge < -0.3 is 4.57 Å². The van der Waals surface area contributed by atoms with Crippen LogP contribution in [0.3, 0.4) is 0 Å². The molecule has 3 aromatic rings. The van der Waals surface area contributed by atoms with E-state index in [-0.39, 0.29) is 5.57 Å². The number of amides is 4. The van der Waals surface area contributed by atoms with Crippen LogP contribution in [-0.4, -0.2) is 34.4 Å². The summed E-state index contributed by atoms with van der Waals surface area (Å²) in [6, 6.07) is 12.0. The van der Waals surface area contributed by atoms with Crippen LogP contribution in [0.25, 0.3) is 11.1 Å². The van der Waals surface area contributed by atoms with E-state index < -0.39 is 17.8 Å². The monoisotopic (exact) mass is 458 g/mol. The highest BCUT2D eigenvalue weighted by atomic mass is 32.1. The van der Waals surface area contributed by atoms with E-state index in [9.17, 15) is 19.6 Å². The summed E-state index contributed by atoms with van der Waals surface area (Å²) in [6.07, 6.45) is 1.53. The minimum Gasteiger partial charge on any atom is -0.308 e. The first kappa shape index (κ1) is 22.2. The number of nitrogens with zero attached hydrogens (tertiary/aromatic N) is 4. The van der Waals surface area contributed by atoms with E-state index in [4.69, 9.17) is 0 Å². The molecular weight excluding hydrogens is 436 g/mol. The molecule has 166 valence electrons. The number of benzene rings is 1. The first-order chi connectivity index (χ1) is 15.7. The third-order valence-electron chi connectivity index (χ3n) is 5.91. The van der Waals surface area contributed by atoms with Crippen LogP contribution in [-0.2, 0) is 9.59 Å². The maximum Gasteiger partial charge on any atom is 0.338 e. The summed E-state index contributed by atoms with van der Waals surface area (Å²) in [5, 5.41) is 10.5. The molecule has 0 aliphatic carbocycles. The molecule has 4 amide bonds. The minimum absolute atomic E-state index is 0.0970. The number of aryl methyl sites for hydroxylation is 2. The number of para-hydroxylation sites is 1. The fraction of sp³-hybridized carbons (Fsp3) is 0.200. The molecule has 3 heterocycles. The highest BCUT2D eigenvalue weighted by Gasteiger charge is 2.41. The smallest absolute Gasteiger partial charge is 0.308 e. The number of nitriles is 1. The van der Waals surface area contributed by atoms with Gasteiger partial charge >= 0.3 is 6.03 Å². The molecule has 0 spiro atoms. The molecule has 33 heavy (non-hydrogen) atoms. The molecule has 4 rings (SSSR count). The van der Waals surface area contributed by atoms with Crippen LogP contribution in [0.4, 0.5) is 10.5 Å². The van der Waals surface area contributed by atoms with E-state index >= 15 is 0 Å². The highest BCUT2D eigenvalue weighted by Crippen LogP contribution is 2.34. The first-order valence-corrected chi connectivity index (χ1v) is 11.1. The Kier molecular flexibility index (Phi) is 5.52. The van der Waals surface area contributed by atoms with Crippen LogP contribution in [0.15, 0.2) is 42.0 Å². The Bertz CT molecular complexity index is 1390. The lowest BCUT2D eigenvalue weighted by Gasteiger charge is -2.31. The van der Waals surface area contributed by atoms with Gasteiger partial charge in [-0.25, -0.2) is 9.69 Å². The van der Waals surface area contributed by atoms with Gasteiger partial charge in [-0.2, -0.15) is 5.26 Å². The average molecular weight is 459 g/mol. The second-order valence-electron chi connectivity index (χ2n) is 7.92. The number of aromatic nitrogens is 1. The molecule has 1 fully saturated rings. The Morgan fingerprint density at radius 1 is 1.00 bits per heavy atom. The van der Waals surface area contributed by atoms with Crippen LogP contribution < -0.4 is 4.90 Å². The van der Waals surface area contributed by atoms with Gasteiger partial charge in [-0.05, 0) is 63.1 Å². The van der Waals surface area contributed by atoms with E-state index in [1.54, 1.807) is 30.3 Å². The second-order valence-corrected chi connectivity index (χ2v) is 9.12. The molecule has 7 nitrogen and oxygen atoms in total. The second kappa shape index (κ2) is 8.19. The number of rotatable bonds is 3. The van der Waals surface area contributed by atoms with Gasteiger partial charge in [0, 0.05) is 23.3 Å². The predicted octanol–water partition coefficient (Wildman–Crippen LogP) is 4.65. The zero-order valence-electron chi connectivity index (χ0n) is 19.0. The van der Waals surface area contributed by atoms with Gasteiger partial charge in [0.25, 0.3) is 11.8 Å². The summed E-state index contributed by atoms with van der Waals surface area (Å²) in [5.41, 5.74) is 4.20. The van der Waals surface area contributed by atoms with Crippen molar-refractivity contribution in [3.63, 3.8) is 0 Å². The number of likely N-dealkylation sites (N-methyl/N-ethyl adjacent to an activating group) is 1. The topological polar surface area (TPSA) is 86.4 Å². The van der Waals surface area contributed by atoms with E-state index in [0.717, 1.165) is 36.6 Å². The number of carbonyl (C=O) groups excluding carboxylic acids is 3. The fourth-order valence-corrected chi connectivity index (χ4v) is 5.16. The van der Waals surface area contributed by atoms with E-state index in [1.807, 2.05) is 38.3 Å². The van der Waals surface area contributed by atoms with Crippen LogP contribution in [0.5, 0.6) is 0 Å². The number of anilines is 1. The summed E-state index contributed by atoms with van der Waals surface area (Å²) in [7, 11) is 1.36. The number of urea groups is 1. The van der Waals surface area contributed by atoms with E-state index in [0.29, 0.717) is 16.8 Å². The van der Waals surface area contributed by atoms with Gasteiger partial charge in [-0.1, -0.05) is 18.2 Å². The van der Waals surface area contributed by atoms with Crippen molar-refractivity contribution in [3.8, 4) is 11.1 Å². The largest absolute Gasteiger partial charge is 0.338 e. The molecule has 2 aromatic heterocycles. The molecule has 0 radical (unpaired) electrons. The standard InChI is InChI=1S/C25H22N4O3S/c1-14-11-18(16(3)28(14)24-21(13-26)15(2)17(4)33-24)12-20-22(30)27(5)25(32)29(23(20)31)19-9-7-6-8-10-19/h6-12H,1-5H3/b20-12+. The molecule has 0 saturated carbocycles. The molecule has 1 aromatic carbocycles. The van der Waals surface area contributed by atoms with Gasteiger partial charge in [0.05, 0.1) is 11.3 Å². The van der Waals surface area contributed by atoms with Crippen molar-refractivity contribution in [1.29, 1.82) is 5.26 Å². The Morgan fingerprint density at radius 2 is 1.67 bits per heavy atom. The lowest BCUT2D eigenvalue weighted by Crippen LogP contribution is -2.55. The van der Waals surface area contributed by atoms with Gasteiger partial charge in [-0.15, -0.1) is 11.3 Å². The number of carbonyl (C=O) groups is 3. The third kappa shape index (κ3) is 3.47. The number of hydrogen-bond acceptors (Lipinski definition) is 5. The fourth-order valence-electron chi connectivity index (χ4n) is 3.94. The Labute approximate surface area is 195 Å². The molecule has 1 aliphatic heterocycles. The maximum absolute atomic E-state index is 13.3. The Hall–Kier alpha value is -3.96. The quantitative estimate of drug-likeness (QED) is 0.422. The van der Waals surface area contributed by atoms with Crippen LogP contribution in [0.1, 0.15) is 33.0 Å². The lowest BCUT2D eigenvalue weighted by atomic mass is 10.1. The van der Waals surface area contributed by atoms with Gasteiger partial charge in [0.2, 0.25) is 0 Å². The van der Waals surface area contributed by atoms with Crippen molar-refractivity contribution >= 4 is 40.9 Å². The van der Waals surface area contributed by atoms with E-state index in [1.165, 1.54) is 24.5 Å². The summed E-state index contributed by atoms with van der Waals surface area (Å²) in [6.45, 7) is 7.70. The molecule has 0 N–H and O–H groups in total. The van der Waals surface area contributed by atoms with Crippen molar-refractivity contribution < 1.29 is 14.4 Å². The normalized spacial score (nSPS) is 15.5. The number of barbiturate groups is 1. The van der Waals surface area contributed by atoms with Crippen LogP contribution >= 0.6 is 11.3 Å². The molecule has 0 unspecified atom stereocenters. The molecular formula is C25H22N4O3S. The maximum atomic E-state index is 13.3. The number of imide groups is 2. The van der Waals surface area contributed by atoms with Crippen molar-refractivity contribution in [2.24, 2.45) is 0 Å². The Morgan fingerprint density at radius 3 is 2.30 bits per heavy atom. The summed E-state index contributed by atoms with van der Waals surface area (Å²) in [5.74, 6) is -1.32. The lowest BCUT2D eigenvalue weighted by molar-refractivity contribution is -0.128. The molecule has 1 saturated heterocycles. The minimum atomic E-state index is -0.693. The predicted molar refractivity (Wildman–Crippen MR) is 127 cm³/mol. The van der Waals surface area contributed by atoms with Crippen molar-refractivity contribution in [1.82, 2.24) is 9.47 Å². The first-order valence-electron chi connectivity index (χ1n) is 10.3. The van der Waals surface area contributed by atoms with E-state index in [2.05, 4.69) is 6.07 Å². The van der Waals surface area contributed by atoms with Gasteiger partial charge in [0.15, 0.2) is 0 Å². The number of hydrogen-bond donors (Lipinski definition) is 0. The molecule has 0 atom stereocenters. The van der Waals surface area contributed by atoms with Gasteiger partial charge in [-0.3, -0.25) is 14.5 Å². The number of thiophene rings is 1. The van der Waals surface area contributed by atoms with Crippen molar-refractivity contribution in [2.75, 3.05) is 11.9 Å². The summed E-state index contributed by atoms with van der Waals surface area (Å²) in [4.78, 5) is 41.9. The molecule has 8 heteroatoms. The van der Waals surface area contributed by atoms with Crippen LogP contribution in [0, 0.1) is 39.0 Å². The van der Waals surface area contributed by atoms with Gasteiger partial charge in [0.1, 0.15) is 16.6 Å². The molecule has 0 bridgehead atoms. The third-order valence-corrected chi connectivity index (χ3v) is 7.11. The molecule has 1 aliphatic rings. The highest BCUT2D eigenvalue weighted by molar-refractivity contribution is 7.14. The zero-order chi connectivity index (χ0) is 24.0. The summed E-state index contributed by atoms with van der Waals surface area (Å²) >= 11 is 1.53. The summed E-state index contributed by atoms with van der Waals surface area (Å²) < 4.78 is 1.97. The Balaban J connectivity index is 1.84.